The summed E-state index contributed by atoms with van der Waals surface area (Å²) in [5.74, 6) is -0.960. The Kier molecular flexibility index (Phi) is 7.30. The molecule has 0 saturated heterocycles. The van der Waals surface area contributed by atoms with Crippen LogP contribution in [0.4, 0.5) is 10.1 Å². The van der Waals surface area contributed by atoms with Crippen molar-refractivity contribution in [2.24, 2.45) is 0 Å². The SMILES string of the molecule is Cc1ccc(S(=O)(=O)N(CC(=O)NCCc2ccc(Cl)cc2)c2ccc(F)cc2)cc1. The molecule has 3 rings (SSSR count). The van der Waals surface area contributed by atoms with Gasteiger partial charge in [0.05, 0.1) is 10.6 Å². The first-order valence-electron chi connectivity index (χ1n) is 9.62. The van der Waals surface area contributed by atoms with E-state index in [0.29, 0.717) is 18.0 Å². The Bertz CT molecular complexity index is 1130. The molecule has 0 radical (unpaired) electrons. The van der Waals surface area contributed by atoms with E-state index in [1.165, 1.54) is 24.3 Å². The van der Waals surface area contributed by atoms with Gasteiger partial charge in [-0.2, -0.15) is 0 Å². The third-order valence-electron chi connectivity index (χ3n) is 4.66. The largest absolute Gasteiger partial charge is 0.354 e. The monoisotopic (exact) mass is 460 g/mol. The van der Waals surface area contributed by atoms with Crippen LogP contribution in [0.15, 0.2) is 77.7 Å². The highest BCUT2D eigenvalue weighted by molar-refractivity contribution is 7.92. The Morgan fingerprint density at radius 1 is 0.968 bits per heavy atom. The van der Waals surface area contributed by atoms with Crippen LogP contribution in [0, 0.1) is 12.7 Å². The number of hydrogen-bond acceptors (Lipinski definition) is 3. The molecule has 5 nitrogen and oxygen atoms in total. The van der Waals surface area contributed by atoms with E-state index in [0.717, 1.165) is 27.6 Å². The number of carbonyl (C=O) groups excluding carboxylic acids is 1. The molecule has 1 amide bonds. The molecule has 8 heteroatoms. The molecule has 0 aliphatic heterocycles. The van der Waals surface area contributed by atoms with E-state index in [-0.39, 0.29) is 10.6 Å². The number of carbonyl (C=O) groups is 1. The van der Waals surface area contributed by atoms with E-state index in [1.54, 1.807) is 24.3 Å². The molecule has 0 atom stereocenters. The smallest absolute Gasteiger partial charge is 0.264 e. The lowest BCUT2D eigenvalue weighted by Gasteiger charge is -2.24. The van der Waals surface area contributed by atoms with Crippen LogP contribution in [0.1, 0.15) is 11.1 Å². The molecule has 0 heterocycles. The minimum atomic E-state index is -4.03. The Balaban J connectivity index is 1.76. The van der Waals surface area contributed by atoms with E-state index < -0.39 is 28.3 Å². The molecule has 1 N–H and O–H groups in total. The summed E-state index contributed by atoms with van der Waals surface area (Å²) < 4.78 is 40.8. The van der Waals surface area contributed by atoms with Gasteiger partial charge in [-0.3, -0.25) is 9.10 Å². The molecular formula is C23H22ClFN2O3S. The first-order chi connectivity index (χ1) is 14.8. The number of sulfonamides is 1. The van der Waals surface area contributed by atoms with E-state index in [9.17, 15) is 17.6 Å². The number of amides is 1. The van der Waals surface area contributed by atoms with E-state index >= 15 is 0 Å². The van der Waals surface area contributed by atoms with Gasteiger partial charge >= 0.3 is 0 Å². The van der Waals surface area contributed by atoms with Crippen molar-refractivity contribution in [1.82, 2.24) is 5.32 Å². The van der Waals surface area contributed by atoms with Crippen molar-refractivity contribution in [2.45, 2.75) is 18.2 Å². The minimum Gasteiger partial charge on any atom is -0.354 e. The molecule has 0 fully saturated rings. The second kappa shape index (κ2) is 9.94. The van der Waals surface area contributed by atoms with Crippen molar-refractivity contribution in [3.8, 4) is 0 Å². The molecule has 162 valence electrons. The van der Waals surface area contributed by atoms with Crippen LogP contribution in [0.5, 0.6) is 0 Å². The van der Waals surface area contributed by atoms with Gasteiger partial charge in [-0.25, -0.2) is 12.8 Å². The van der Waals surface area contributed by atoms with Gasteiger partial charge in [0.1, 0.15) is 12.4 Å². The topological polar surface area (TPSA) is 66.5 Å². The summed E-state index contributed by atoms with van der Waals surface area (Å²) in [7, 11) is -4.03. The van der Waals surface area contributed by atoms with E-state index in [2.05, 4.69) is 5.32 Å². The van der Waals surface area contributed by atoms with Crippen molar-refractivity contribution >= 4 is 33.2 Å². The summed E-state index contributed by atoms with van der Waals surface area (Å²) >= 11 is 5.87. The number of halogens is 2. The summed E-state index contributed by atoms with van der Waals surface area (Å²) in [5, 5.41) is 3.37. The maximum atomic E-state index is 13.4. The van der Waals surface area contributed by atoms with Crippen LogP contribution in [0.3, 0.4) is 0 Å². The predicted octanol–water partition coefficient (Wildman–Crippen LogP) is 4.34. The fourth-order valence-corrected chi connectivity index (χ4v) is 4.49. The Morgan fingerprint density at radius 3 is 2.19 bits per heavy atom. The normalized spacial score (nSPS) is 11.2. The number of hydrogen-bond donors (Lipinski definition) is 1. The zero-order chi connectivity index (χ0) is 22.4. The van der Waals surface area contributed by atoms with Gasteiger partial charge < -0.3 is 5.32 Å². The number of aryl methyl sites for hydroxylation is 1. The van der Waals surface area contributed by atoms with Gasteiger partial charge in [-0.05, 0) is 67.4 Å². The van der Waals surface area contributed by atoms with E-state index in [4.69, 9.17) is 11.6 Å². The molecule has 31 heavy (non-hydrogen) atoms. The summed E-state index contributed by atoms with van der Waals surface area (Å²) in [6, 6.07) is 18.6. The summed E-state index contributed by atoms with van der Waals surface area (Å²) in [5.41, 5.74) is 2.11. The molecule has 3 aromatic carbocycles. The van der Waals surface area contributed by atoms with Crippen LogP contribution in [-0.4, -0.2) is 27.4 Å². The van der Waals surface area contributed by atoms with E-state index in [1.807, 2.05) is 19.1 Å². The minimum absolute atomic E-state index is 0.0522. The van der Waals surface area contributed by atoms with Gasteiger partial charge in [0.25, 0.3) is 10.0 Å². The molecule has 0 saturated carbocycles. The molecule has 0 unspecified atom stereocenters. The Labute approximate surface area is 186 Å². The summed E-state index contributed by atoms with van der Waals surface area (Å²) in [6.07, 6.45) is 0.574. The Hall–Kier alpha value is -2.90. The molecular weight excluding hydrogens is 439 g/mol. The van der Waals surface area contributed by atoms with Gasteiger partial charge in [-0.1, -0.05) is 41.4 Å². The molecule has 0 spiro atoms. The number of rotatable bonds is 8. The highest BCUT2D eigenvalue weighted by Gasteiger charge is 2.27. The quantitative estimate of drug-likeness (QED) is 0.543. The lowest BCUT2D eigenvalue weighted by molar-refractivity contribution is -0.119. The maximum Gasteiger partial charge on any atom is 0.264 e. The molecule has 0 aliphatic carbocycles. The highest BCUT2D eigenvalue weighted by Crippen LogP contribution is 2.24. The van der Waals surface area contributed by atoms with Gasteiger partial charge in [0, 0.05) is 11.6 Å². The van der Waals surface area contributed by atoms with Crippen molar-refractivity contribution in [2.75, 3.05) is 17.4 Å². The van der Waals surface area contributed by atoms with Crippen molar-refractivity contribution in [1.29, 1.82) is 0 Å². The molecule has 0 bridgehead atoms. The van der Waals surface area contributed by atoms with Crippen LogP contribution in [-0.2, 0) is 21.2 Å². The average Bonchev–Trinajstić information content (AvgIpc) is 2.74. The van der Waals surface area contributed by atoms with Crippen LogP contribution in [0.2, 0.25) is 5.02 Å². The zero-order valence-corrected chi connectivity index (χ0v) is 18.5. The molecule has 0 aromatic heterocycles. The first-order valence-corrected chi connectivity index (χ1v) is 11.4. The number of nitrogens with zero attached hydrogens (tertiary/aromatic N) is 1. The third kappa shape index (κ3) is 6.06. The van der Waals surface area contributed by atoms with Crippen molar-refractivity contribution in [3.63, 3.8) is 0 Å². The Morgan fingerprint density at radius 2 is 1.58 bits per heavy atom. The van der Waals surface area contributed by atoms with Gasteiger partial charge in [0.15, 0.2) is 0 Å². The third-order valence-corrected chi connectivity index (χ3v) is 6.70. The fourth-order valence-electron chi connectivity index (χ4n) is 2.94. The fraction of sp³-hybridized carbons (Fsp3) is 0.174. The standard InChI is InChI=1S/C23H22ClFN2O3S/c1-17-2-12-22(13-3-17)31(29,30)27(21-10-8-20(25)9-11-21)16-23(28)26-15-14-18-4-6-19(24)7-5-18/h2-13H,14-16H2,1H3,(H,26,28). The molecule has 0 aliphatic rings. The number of benzene rings is 3. The first kappa shape index (κ1) is 22.8. The van der Waals surface area contributed by atoms with Gasteiger partial charge in [0.2, 0.25) is 5.91 Å². The number of anilines is 1. The number of nitrogens with one attached hydrogen (secondary N) is 1. The van der Waals surface area contributed by atoms with Crippen LogP contribution in [0.25, 0.3) is 0 Å². The molecule has 3 aromatic rings. The van der Waals surface area contributed by atoms with Crippen molar-refractivity contribution < 1.29 is 17.6 Å². The van der Waals surface area contributed by atoms with Gasteiger partial charge in [-0.15, -0.1) is 0 Å². The predicted molar refractivity (Wildman–Crippen MR) is 120 cm³/mol. The summed E-state index contributed by atoms with van der Waals surface area (Å²) in [4.78, 5) is 12.6. The lowest BCUT2D eigenvalue weighted by atomic mass is 10.1. The second-order valence-electron chi connectivity index (χ2n) is 7.03. The lowest BCUT2D eigenvalue weighted by Crippen LogP contribution is -2.41. The average molecular weight is 461 g/mol. The summed E-state index contributed by atoms with van der Waals surface area (Å²) in [6.45, 7) is 1.76. The van der Waals surface area contributed by atoms with Crippen molar-refractivity contribution in [3.05, 3.63) is 94.8 Å². The van der Waals surface area contributed by atoms with Crippen LogP contribution < -0.4 is 9.62 Å². The highest BCUT2D eigenvalue weighted by atomic mass is 35.5. The second-order valence-corrected chi connectivity index (χ2v) is 9.33. The zero-order valence-electron chi connectivity index (χ0n) is 16.9. The van der Waals surface area contributed by atoms with Crippen LogP contribution >= 0.6 is 11.6 Å². The maximum absolute atomic E-state index is 13.4.